The van der Waals surface area contributed by atoms with Crippen molar-refractivity contribution in [3.63, 3.8) is 0 Å². The first-order valence-corrected chi connectivity index (χ1v) is 21.4. The van der Waals surface area contributed by atoms with Gasteiger partial charge in [-0.1, -0.05) is 151 Å². The van der Waals surface area contributed by atoms with Gasteiger partial charge in [0.2, 0.25) is 5.89 Å². The fourth-order valence-electron chi connectivity index (χ4n) is 10.1. The standard InChI is InChI=1S/C56H34B4N2O2/c1-56(2)39-23-12-11-21-37(39)45-40(56)24-14-25-41(45)62(34-18-7-4-8-19-34)54-51(59)49(57)48(50(58)52(54)60)38-29-33(30-44-47(38)46-35-20-10-9-15-31(35)27-28-42(46)63-44)36-22-13-26-43-53(36)61-55(64-43)32-16-5-3-6-17-32/h3-30H,1-2H3. The highest BCUT2D eigenvalue weighted by Gasteiger charge is 2.38. The number of benzene rings is 9. The van der Waals surface area contributed by atoms with Crippen molar-refractivity contribution >= 4 is 114 Å². The number of hydrogen-bond donors (Lipinski definition) is 0. The highest BCUT2D eigenvalue weighted by molar-refractivity contribution is 6.63. The quantitative estimate of drug-likeness (QED) is 0.157. The van der Waals surface area contributed by atoms with Crippen LogP contribution in [0.15, 0.2) is 179 Å². The Morgan fingerprint density at radius 1 is 0.484 bits per heavy atom. The summed E-state index contributed by atoms with van der Waals surface area (Å²) < 4.78 is 13.1. The molecule has 0 unspecified atom stereocenters. The Morgan fingerprint density at radius 3 is 1.95 bits per heavy atom. The van der Waals surface area contributed by atoms with E-state index in [1.807, 2.05) is 97.1 Å². The second kappa shape index (κ2) is 14.3. The van der Waals surface area contributed by atoms with Gasteiger partial charge in [-0.25, -0.2) is 4.98 Å². The van der Waals surface area contributed by atoms with Crippen LogP contribution in [-0.4, -0.2) is 36.4 Å². The summed E-state index contributed by atoms with van der Waals surface area (Å²) in [4.78, 5) is 7.14. The zero-order valence-electron chi connectivity index (χ0n) is 35.2. The van der Waals surface area contributed by atoms with E-state index in [-0.39, 0.29) is 5.41 Å². The molecule has 4 nitrogen and oxygen atoms in total. The third-order valence-corrected chi connectivity index (χ3v) is 13.2. The summed E-state index contributed by atoms with van der Waals surface area (Å²) in [5, 5.41) is 3.89. The summed E-state index contributed by atoms with van der Waals surface area (Å²) >= 11 is 0. The minimum Gasteiger partial charge on any atom is -0.456 e. The molecule has 0 aliphatic heterocycles. The van der Waals surface area contributed by atoms with E-state index in [0.717, 1.165) is 71.9 Å². The van der Waals surface area contributed by atoms with E-state index in [9.17, 15) is 0 Å². The number of para-hydroxylation sites is 2. The summed E-state index contributed by atoms with van der Waals surface area (Å²) in [5.74, 6) is 0.531. The van der Waals surface area contributed by atoms with E-state index >= 15 is 0 Å². The lowest BCUT2D eigenvalue weighted by Crippen LogP contribution is -2.46. The third kappa shape index (κ3) is 5.58. The van der Waals surface area contributed by atoms with E-state index in [2.05, 4.69) is 91.5 Å². The number of oxazole rings is 1. The Kier molecular flexibility index (Phi) is 8.55. The second-order valence-electron chi connectivity index (χ2n) is 17.1. The van der Waals surface area contributed by atoms with Crippen molar-refractivity contribution in [2.75, 3.05) is 4.90 Å². The zero-order valence-corrected chi connectivity index (χ0v) is 35.2. The van der Waals surface area contributed by atoms with Crippen molar-refractivity contribution in [2.45, 2.75) is 19.3 Å². The first-order valence-electron chi connectivity index (χ1n) is 21.4. The molecule has 0 saturated carbocycles. The van der Waals surface area contributed by atoms with Crippen molar-refractivity contribution in [3.8, 4) is 44.8 Å². The van der Waals surface area contributed by atoms with Crippen LogP contribution in [-0.2, 0) is 5.41 Å². The molecule has 0 N–H and O–H groups in total. The second-order valence-corrected chi connectivity index (χ2v) is 17.1. The minimum atomic E-state index is -0.239. The molecule has 0 saturated heterocycles. The summed E-state index contributed by atoms with van der Waals surface area (Å²) in [5.41, 5.74) is 14.5. The normalized spacial score (nSPS) is 12.9. The van der Waals surface area contributed by atoms with Crippen LogP contribution < -0.4 is 26.8 Å². The van der Waals surface area contributed by atoms with E-state index in [1.54, 1.807) is 0 Å². The third-order valence-electron chi connectivity index (χ3n) is 13.2. The van der Waals surface area contributed by atoms with Crippen molar-refractivity contribution in [3.05, 3.63) is 181 Å². The molecule has 9 aromatic carbocycles. The van der Waals surface area contributed by atoms with Crippen molar-refractivity contribution in [1.29, 1.82) is 0 Å². The number of anilines is 3. The molecule has 11 aromatic rings. The molecule has 12 rings (SSSR count). The fraction of sp³-hybridized carbons (Fsp3) is 0.0536. The number of furan rings is 1. The van der Waals surface area contributed by atoms with E-state index in [4.69, 9.17) is 45.2 Å². The number of rotatable bonds is 6. The van der Waals surface area contributed by atoms with Crippen LogP contribution in [0.2, 0.25) is 0 Å². The van der Waals surface area contributed by atoms with E-state index in [0.29, 0.717) is 55.7 Å². The predicted octanol–water partition coefficient (Wildman–Crippen LogP) is 10.8. The van der Waals surface area contributed by atoms with Crippen molar-refractivity contribution in [1.82, 2.24) is 4.98 Å². The fourth-order valence-corrected chi connectivity index (χ4v) is 10.1. The van der Waals surface area contributed by atoms with Gasteiger partial charge in [-0.3, -0.25) is 0 Å². The number of fused-ring (bicyclic) bond motifs is 9. The molecular formula is C56H34B4N2O2. The van der Waals surface area contributed by atoms with Gasteiger partial charge < -0.3 is 13.7 Å². The number of nitrogens with zero attached hydrogens (tertiary/aromatic N) is 2. The van der Waals surface area contributed by atoms with Crippen LogP contribution in [0.1, 0.15) is 25.0 Å². The summed E-state index contributed by atoms with van der Waals surface area (Å²) in [6, 6.07) is 57.5. The average molecular weight is 810 g/mol. The van der Waals surface area contributed by atoms with E-state index < -0.39 is 0 Å². The molecule has 0 bridgehead atoms. The smallest absolute Gasteiger partial charge is 0.227 e. The Morgan fingerprint density at radius 2 is 1.16 bits per heavy atom. The maximum absolute atomic E-state index is 7.43. The average Bonchev–Trinajstić information content (AvgIpc) is 4.01. The van der Waals surface area contributed by atoms with Gasteiger partial charge in [-0.15, -0.1) is 0 Å². The molecule has 2 aromatic heterocycles. The van der Waals surface area contributed by atoms with Gasteiger partial charge in [0.1, 0.15) is 48.1 Å². The highest BCUT2D eigenvalue weighted by Crippen LogP contribution is 2.54. The maximum Gasteiger partial charge on any atom is 0.227 e. The lowest BCUT2D eigenvalue weighted by molar-refractivity contribution is 0.620. The molecule has 0 fully saturated rings. The monoisotopic (exact) mass is 810 g/mol. The Hall–Kier alpha value is -7.43. The number of hydrogen-bond acceptors (Lipinski definition) is 4. The van der Waals surface area contributed by atoms with Gasteiger partial charge >= 0.3 is 0 Å². The van der Waals surface area contributed by atoms with Gasteiger partial charge in [-0.2, -0.15) is 0 Å². The lowest BCUT2D eigenvalue weighted by atomic mass is 9.64. The SMILES string of the molecule is [B]c1c([B])c(N(c2ccccc2)c2cccc3c2-c2ccccc2C3(C)C)c([B])c([B])c1-c1cc(-c2cccc3oc(-c4ccccc4)nc23)cc2oc3ccc4ccccc4c3c12. The van der Waals surface area contributed by atoms with Gasteiger partial charge in [0, 0.05) is 44.3 Å². The molecule has 64 heavy (non-hydrogen) atoms. The Bertz CT molecular complexity index is 3680. The predicted molar refractivity (Wildman–Crippen MR) is 269 cm³/mol. The van der Waals surface area contributed by atoms with Gasteiger partial charge in [0.25, 0.3) is 0 Å². The van der Waals surface area contributed by atoms with Crippen molar-refractivity contribution in [2.24, 2.45) is 0 Å². The molecule has 8 heteroatoms. The molecule has 0 spiro atoms. The largest absolute Gasteiger partial charge is 0.456 e. The zero-order chi connectivity index (χ0) is 43.4. The first-order chi connectivity index (χ1) is 31.2. The molecule has 292 valence electrons. The molecule has 1 aliphatic rings. The molecule has 0 amide bonds. The van der Waals surface area contributed by atoms with E-state index in [1.165, 1.54) is 11.1 Å². The Labute approximate surface area is 376 Å². The molecule has 1 aliphatic carbocycles. The summed E-state index contributed by atoms with van der Waals surface area (Å²) in [6.07, 6.45) is 0. The summed E-state index contributed by atoms with van der Waals surface area (Å²) in [7, 11) is 29.7. The maximum atomic E-state index is 7.43. The Balaban J connectivity index is 1.14. The van der Waals surface area contributed by atoms with Gasteiger partial charge in [0.05, 0.1) is 5.69 Å². The van der Waals surface area contributed by atoms with Crippen LogP contribution in [0.5, 0.6) is 0 Å². The van der Waals surface area contributed by atoms with Gasteiger partial charge in [0.15, 0.2) is 5.58 Å². The van der Waals surface area contributed by atoms with Crippen LogP contribution >= 0.6 is 0 Å². The lowest BCUT2D eigenvalue weighted by Gasteiger charge is -2.34. The number of aromatic nitrogens is 1. The van der Waals surface area contributed by atoms with Crippen LogP contribution in [0.3, 0.4) is 0 Å². The van der Waals surface area contributed by atoms with Gasteiger partial charge in [-0.05, 0) is 98.8 Å². The van der Waals surface area contributed by atoms with Crippen molar-refractivity contribution < 1.29 is 8.83 Å². The van der Waals surface area contributed by atoms with Crippen LogP contribution in [0.4, 0.5) is 17.1 Å². The van der Waals surface area contributed by atoms with Crippen LogP contribution in [0.25, 0.3) is 88.6 Å². The summed E-state index contributed by atoms with van der Waals surface area (Å²) in [6.45, 7) is 4.54. The molecule has 8 radical (unpaired) electrons. The molecule has 2 heterocycles. The first kappa shape index (κ1) is 38.3. The molecular weight excluding hydrogens is 776 g/mol. The van der Waals surface area contributed by atoms with Crippen LogP contribution in [0, 0.1) is 0 Å². The highest BCUT2D eigenvalue weighted by atomic mass is 16.3. The minimum absolute atomic E-state index is 0.239. The topological polar surface area (TPSA) is 42.4 Å². The molecule has 0 atom stereocenters.